The number of hydrogen-bond acceptors (Lipinski definition) is 6. The first-order chi connectivity index (χ1) is 11.6. The molecule has 2 aromatic rings. The number of nitrogens with two attached hydrogens (primary N) is 1. The molecule has 1 unspecified atom stereocenters. The third-order valence-corrected chi connectivity index (χ3v) is 4.50. The molecule has 0 aliphatic carbocycles. The SMILES string of the molecule is Cc1ccc(-c2noc(C(C)N3CCN(C(=O)CN)CC3)n2)cc1.Cl.Cl. The van der Waals surface area contributed by atoms with Gasteiger partial charge in [0.25, 0.3) is 0 Å². The quantitative estimate of drug-likeness (QED) is 0.842. The number of carbonyl (C=O) groups excluding carboxylic acids is 1. The topological polar surface area (TPSA) is 88.5 Å². The Hall–Kier alpha value is -1.67. The van der Waals surface area contributed by atoms with E-state index in [9.17, 15) is 4.79 Å². The van der Waals surface area contributed by atoms with Crippen molar-refractivity contribution in [2.75, 3.05) is 32.7 Å². The van der Waals surface area contributed by atoms with Crippen LogP contribution in [0, 0.1) is 6.92 Å². The highest BCUT2D eigenvalue weighted by Crippen LogP contribution is 2.23. The zero-order valence-electron chi connectivity index (χ0n) is 14.9. The first kappa shape index (κ1) is 22.4. The summed E-state index contributed by atoms with van der Waals surface area (Å²) in [7, 11) is 0. The van der Waals surface area contributed by atoms with Gasteiger partial charge in [-0.2, -0.15) is 4.98 Å². The lowest BCUT2D eigenvalue weighted by Gasteiger charge is -2.36. The number of rotatable bonds is 4. The predicted octanol–water partition coefficient (Wildman–Crippen LogP) is 2.05. The Morgan fingerprint density at radius 2 is 1.81 bits per heavy atom. The molecule has 1 atom stereocenters. The van der Waals surface area contributed by atoms with Gasteiger partial charge in [-0.1, -0.05) is 35.0 Å². The number of halogens is 2. The van der Waals surface area contributed by atoms with Gasteiger partial charge in [0.2, 0.25) is 17.6 Å². The molecule has 0 radical (unpaired) electrons. The second kappa shape index (κ2) is 9.87. The number of nitrogens with zero attached hydrogens (tertiary/aromatic N) is 4. The molecule has 9 heteroatoms. The summed E-state index contributed by atoms with van der Waals surface area (Å²) in [5.74, 6) is 1.21. The lowest BCUT2D eigenvalue weighted by Crippen LogP contribution is -2.50. The summed E-state index contributed by atoms with van der Waals surface area (Å²) >= 11 is 0. The fourth-order valence-electron chi connectivity index (χ4n) is 2.87. The van der Waals surface area contributed by atoms with Crippen LogP contribution in [0.15, 0.2) is 28.8 Å². The molecule has 2 heterocycles. The number of benzene rings is 1. The monoisotopic (exact) mass is 401 g/mol. The van der Waals surface area contributed by atoms with Crippen molar-refractivity contribution in [1.29, 1.82) is 0 Å². The van der Waals surface area contributed by atoms with Gasteiger partial charge >= 0.3 is 0 Å². The molecule has 1 aromatic carbocycles. The minimum absolute atomic E-state index is 0. The molecule has 1 amide bonds. The Kier molecular flexibility index (Phi) is 8.49. The fraction of sp³-hybridized carbons (Fsp3) is 0.471. The van der Waals surface area contributed by atoms with Crippen LogP contribution in [0.5, 0.6) is 0 Å². The maximum absolute atomic E-state index is 11.6. The molecule has 144 valence electrons. The van der Waals surface area contributed by atoms with E-state index in [1.807, 2.05) is 38.1 Å². The molecule has 2 N–H and O–H groups in total. The van der Waals surface area contributed by atoms with Crippen LogP contribution in [0.4, 0.5) is 0 Å². The molecule has 1 aliphatic rings. The van der Waals surface area contributed by atoms with Crippen LogP contribution in [0.25, 0.3) is 11.4 Å². The summed E-state index contributed by atoms with van der Waals surface area (Å²) in [6.07, 6.45) is 0. The lowest BCUT2D eigenvalue weighted by molar-refractivity contribution is -0.131. The second-order valence-corrected chi connectivity index (χ2v) is 6.12. The van der Waals surface area contributed by atoms with E-state index in [0.29, 0.717) is 24.8 Å². The van der Waals surface area contributed by atoms with E-state index in [4.69, 9.17) is 10.3 Å². The number of amides is 1. The van der Waals surface area contributed by atoms with Crippen LogP contribution in [0.1, 0.15) is 24.4 Å². The normalized spacial score (nSPS) is 15.7. The minimum atomic E-state index is 0. The van der Waals surface area contributed by atoms with E-state index in [-0.39, 0.29) is 43.3 Å². The van der Waals surface area contributed by atoms with Gasteiger partial charge in [0.15, 0.2) is 0 Å². The molecule has 26 heavy (non-hydrogen) atoms. The van der Waals surface area contributed by atoms with Crippen molar-refractivity contribution in [3.05, 3.63) is 35.7 Å². The van der Waals surface area contributed by atoms with Gasteiger partial charge in [-0.15, -0.1) is 24.8 Å². The summed E-state index contributed by atoms with van der Waals surface area (Å²) in [5.41, 5.74) is 7.56. The van der Waals surface area contributed by atoms with Crippen molar-refractivity contribution < 1.29 is 9.32 Å². The predicted molar refractivity (Wildman–Crippen MR) is 105 cm³/mol. The van der Waals surface area contributed by atoms with Crippen molar-refractivity contribution in [2.24, 2.45) is 5.73 Å². The highest BCUT2D eigenvalue weighted by Gasteiger charge is 2.27. The van der Waals surface area contributed by atoms with Crippen LogP contribution in [0.2, 0.25) is 0 Å². The highest BCUT2D eigenvalue weighted by molar-refractivity contribution is 5.85. The summed E-state index contributed by atoms with van der Waals surface area (Å²) in [5, 5.41) is 4.09. The molecule has 1 fully saturated rings. The highest BCUT2D eigenvalue weighted by atomic mass is 35.5. The third kappa shape index (κ3) is 4.94. The zero-order chi connectivity index (χ0) is 17.1. The fourth-order valence-corrected chi connectivity index (χ4v) is 2.87. The molecule has 7 nitrogen and oxygen atoms in total. The summed E-state index contributed by atoms with van der Waals surface area (Å²) in [6, 6.07) is 8.06. The average Bonchev–Trinajstić information content (AvgIpc) is 3.11. The molecule has 0 spiro atoms. The molecule has 1 aromatic heterocycles. The van der Waals surface area contributed by atoms with Crippen LogP contribution >= 0.6 is 24.8 Å². The third-order valence-electron chi connectivity index (χ3n) is 4.50. The van der Waals surface area contributed by atoms with E-state index in [0.717, 1.165) is 18.7 Å². The van der Waals surface area contributed by atoms with Gasteiger partial charge < -0.3 is 15.2 Å². The number of hydrogen-bond donors (Lipinski definition) is 1. The van der Waals surface area contributed by atoms with Crippen LogP contribution in [0.3, 0.4) is 0 Å². The van der Waals surface area contributed by atoms with Gasteiger partial charge in [-0.05, 0) is 13.8 Å². The maximum atomic E-state index is 11.6. The van der Waals surface area contributed by atoms with Gasteiger partial charge in [-0.3, -0.25) is 9.69 Å². The summed E-state index contributed by atoms with van der Waals surface area (Å²) in [4.78, 5) is 20.2. The molecule has 1 saturated heterocycles. The Morgan fingerprint density at radius 1 is 1.19 bits per heavy atom. The van der Waals surface area contributed by atoms with E-state index >= 15 is 0 Å². The van der Waals surface area contributed by atoms with E-state index in [2.05, 4.69) is 15.0 Å². The van der Waals surface area contributed by atoms with Gasteiger partial charge in [0.05, 0.1) is 12.6 Å². The van der Waals surface area contributed by atoms with Gasteiger partial charge in [0, 0.05) is 31.7 Å². The molecular formula is C17H25Cl2N5O2. The Balaban J connectivity index is 0.00000169. The number of aryl methyl sites for hydroxylation is 1. The summed E-state index contributed by atoms with van der Waals surface area (Å²) in [6.45, 7) is 7.07. The van der Waals surface area contributed by atoms with Crippen molar-refractivity contribution in [1.82, 2.24) is 19.9 Å². The molecule has 0 bridgehead atoms. The van der Waals surface area contributed by atoms with E-state index < -0.39 is 0 Å². The standard InChI is InChI=1S/C17H23N5O2.2ClH/c1-12-3-5-14(6-4-12)16-19-17(24-20-16)13(2)21-7-9-22(10-8-21)15(23)11-18;;/h3-6,13H,7-11,18H2,1-2H3;2*1H. The van der Waals surface area contributed by atoms with Gasteiger partial charge in [-0.25, -0.2) is 0 Å². The van der Waals surface area contributed by atoms with Crippen LogP contribution < -0.4 is 5.73 Å². The largest absolute Gasteiger partial charge is 0.339 e. The molecule has 0 saturated carbocycles. The number of aromatic nitrogens is 2. The molecule has 1 aliphatic heterocycles. The van der Waals surface area contributed by atoms with E-state index in [1.165, 1.54) is 5.56 Å². The number of piperazine rings is 1. The van der Waals surface area contributed by atoms with Crippen molar-refractivity contribution >= 4 is 30.7 Å². The Labute approximate surface area is 165 Å². The van der Waals surface area contributed by atoms with Crippen molar-refractivity contribution in [2.45, 2.75) is 19.9 Å². The van der Waals surface area contributed by atoms with Crippen molar-refractivity contribution in [3.63, 3.8) is 0 Å². The maximum Gasteiger partial charge on any atom is 0.244 e. The second-order valence-electron chi connectivity index (χ2n) is 6.12. The smallest absolute Gasteiger partial charge is 0.244 e. The number of carbonyl (C=O) groups is 1. The molecular weight excluding hydrogens is 377 g/mol. The summed E-state index contributed by atoms with van der Waals surface area (Å²) < 4.78 is 5.46. The van der Waals surface area contributed by atoms with Crippen molar-refractivity contribution in [3.8, 4) is 11.4 Å². The van der Waals surface area contributed by atoms with E-state index in [1.54, 1.807) is 4.90 Å². The van der Waals surface area contributed by atoms with Crippen LogP contribution in [-0.4, -0.2) is 58.6 Å². The first-order valence-corrected chi connectivity index (χ1v) is 8.21. The van der Waals surface area contributed by atoms with Gasteiger partial charge in [0.1, 0.15) is 0 Å². The lowest BCUT2D eigenvalue weighted by atomic mass is 10.1. The Bertz CT molecular complexity index is 699. The van der Waals surface area contributed by atoms with Crippen LogP contribution in [-0.2, 0) is 4.79 Å². The first-order valence-electron chi connectivity index (χ1n) is 8.21. The zero-order valence-corrected chi connectivity index (χ0v) is 16.6. The molecule has 3 rings (SSSR count). The Morgan fingerprint density at radius 3 is 2.38 bits per heavy atom. The minimum Gasteiger partial charge on any atom is -0.339 e. The average molecular weight is 402 g/mol.